The fourth-order valence-corrected chi connectivity index (χ4v) is 2.33. The van der Waals surface area contributed by atoms with Gasteiger partial charge in [-0.1, -0.05) is 5.16 Å². The van der Waals surface area contributed by atoms with E-state index in [9.17, 15) is 4.39 Å². The first-order valence-electron chi connectivity index (χ1n) is 6.09. The number of fused-ring (bicyclic) bond motifs is 1. The van der Waals surface area contributed by atoms with Crippen LogP contribution in [0.2, 0.25) is 0 Å². The molecule has 0 saturated carbocycles. The van der Waals surface area contributed by atoms with E-state index in [4.69, 9.17) is 16.1 Å². The first kappa shape index (κ1) is 13.1. The van der Waals surface area contributed by atoms with Gasteiger partial charge in [-0.05, 0) is 18.6 Å². The maximum absolute atomic E-state index is 13.6. The fourth-order valence-electron chi connectivity index (χ4n) is 2.13. The number of halogens is 2. The predicted molar refractivity (Wildman–Crippen MR) is 72.1 cm³/mol. The van der Waals surface area contributed by atoms with Crippen molar-refractivity contribution in [1.29, 1.82) is 0 Å². The molecule has 0 bridgehead atoms. The third-order valence-corrected chi connectivity index (χ3v) is 3.34. The molecule has 2 heterocycles. The Labute approximate surface area is 119 Å². The van der Waals surface area contributed by atoms with Crippen molar-refractivity contribution in [3.8, 4) is 0 Å². The molecule has 0 radical (unpaired) electrons. The summed E-state index contributed by atoms with van der Waals surface area (Å²) >= 11 is 5.91. The average molecular weight is 295 g/mol. The van der Waals surface area contributed by atoms with Gasteiger partial charge in [0.15, 0.2) is 5.82 Å². The molecule has 0 spiro atoms. The van der Waals surface area contributed by atoms with Gasteiger partial charge in [-0.15, -0.1) is 11.6 Å². The van der Waals surface area contributed by atoms with Gasteiger partial charge < -0.3 is 9.09 Å². The number of aromatic nitrogens is 4. The highest BCUT2D eigenvalue weighted by molar-refractivity contribution is 6.16. The SMILES string of the molecule is Cc1nc(Cn2c(CCl)nc3cc(F)c(C)cc32)no1. The second-order valence-electron chi connectivity index (χ2n) is 4.57. The Morgan fingerprint density at radius 1 is 1.30 bits per heavy atom. The highest BCUT2D eigenvalue weighted by Gasteiger charge is 2.14. The summed E-state index contributed by atoms with van der Waals surface area (Å²) < 4.78 is 20.4. The van der Waals surface area contributed by atoms with E-state index in [2.05, 4.69) is 15.1 Å². The number of hydrogen-bond donors (Lipinski definition) is 0. The molecule has 2 aromatic heterocycles. The molecule has 0 aliphatic rings. The summed E-state index contributed by atoms with van der Waals surface area (Å²) in [6.45, 7) is 3.83. The first-order valence-corrected chi connectivity index (χ1v) is 6.62. The predicted octanol–water partition coefficient (Wildman–Crippen LogP) is 2.96. The fraction of sp³-hybridized carbons (Fsp3) is 0.308. The van der Waals surface area contributed by atoms with Crippen LogP contribution in [0, 0.1) is 19.7 Å². The van der Waals surface area contributed by atoms with Crippen LogP contribution in [0.5, 0.6) is 0 Å². The lowest BCUT2D eigenvalue weighted by molar-refractivity contribution is 0.386. The molecule has 1 aromatic carbocycles. The summed E-state index contributed by atoms with van der Waals surface area (Å²) in [5, 5.41) is 3.86. The van der Waals surface area contributed by atoms with Gasteiger partial charge in [0, 0.05) is 13.0 Å². The van der Waals surface area contributed by atoms with E-state index in [-0.39, 0.29) is 11.7 Å². The molecule has 0 atom stereocenters. The molecule has 3 aromatic rings. The zero-order valence-electron chi connectivity index (χ0n) is 11.0. The van der Waals surface area contributed by atoms with Crippen LogP contribution in [-0.4, -0.2) is 19.7 Å². The van der Waals surface area contributed by atoms with E-state index in [0.29, 0.717) is 35.2 Å². The molecule has 0 aliphatic heterocycles. The number of rotatable bonds is 3. The minimum atomic E-state index is -0.279. The van der Waals surface area contributed by atoms with Gasteiger partial charge in [0.1, 0.15) is 11.6 Å². The van der Waals surface area contributed by atoms with Crippen LogP contribution in [-0.2, 0) is 12.4 Å². The topological polar surface area (TPSA) is 56.7 Å². The number of hydrogen-bond acceptors (Lipinski definition) is 4. The zero-order valence-corrected chi connectivity index (χ0v) is 11.8. The largest absolute Gasteiger partial charge is 0.340 e. The Kier molecular flexibility index (Phi) is 3.17. The van der Waals surface area contributed by atoms with E-state index < -0.39 is 0 Å². The monoisotopic (exact) mass is 294 g/mol. The van der Waals surface area contributed by atoms with Crippen LogP contribution in [0.1, 0.15) is 23.1 Å². The minimum Gasteiger partial charge on any atom is -0.340 e. The molecule has 0 amide bonds. The summed E-state index contributed by atoms with van der Waals surface area (Å²) in [5.74, 6) is 1.63. The van der Waals surface area contributed by atoms with Gasteiger partial charge in [0.05, 0.1) is 23.5 Å². The van der Waals surface area contributed by atoms with Gasteiger partial charge >= 0.3 is 0 Å². The van der Waals surface area contributed by atoms with Crippen LogP contribution < -0.4 is 0 Å². The van der Waals surface area contributed by atoms with Crippen molar-refractivity contribution in [1.82, 2.24) is 19.7 Å². The molecule has 104 valence electrons. The smallest absolute Gasteiger partial charge is 0.223 e. The summed E-state index contributed by atoms with van der Waals surface area (Å²) in [4.78, 5) is 8.51. The van der Waals surface area contributed by atoms with Gasteiger partial charge in [0.2, 0.25) is 5.89 Å². The van der Waals surface area contributed by atoms with E-state index >= 15 is 0 Å². The van der Waals surface area contributed by atoms with Crippen LogP contribution in [0.3, 0.4) is 0 Å². The maximum Gasteiger partial charge on any atom is 0.223 e. The third kappa shape index (κ3) is 2.16. The standard InChI is InChI=1S/C13H12ClFN4O/c1-7-3-11-10(4-9(7)15)17-13(5-14)19(11)6-12-16-8(2)20-18-12/h3-4H,5-6H2,1-2H3. The molecular weight excluding hydrogens is 283 g/mol. The molecule has 0 fully saturated rings. The van der Waals surface area contributed by atoms with E-state index in [0.717, 1.165) is 5.52 Å². The molecule has 7 heteroatoms. The normalized spacial score (nSPS) is 11.4. The van der Waals surface area contributed by atoms with Crippen molar-refractivity contribution in [2.75, 3.05) is 0 Å². The highest BCUT2D eigenvalue weighted by Crippen LogP contribution is 2.22. The van der Waals surface area contributed by atoms with Crippen molar-refractivity contribution in [2.45, 2.75) is 26.3 Å². The van der Waals surface area contributed by atoms with Gasteiger partial charge in [-0.25, -0.2) is 9.37 Å². The quantitative estimate of drug-likeness (QED) is 0.697. The minimum absolute atomic E-state index is 0.228. The van der Waals surface area contributed by atoms with Gasteiger partial charge in [-0.2, -0.15) is 4.98 Å². The first-order chi connectivity index (χ1) is 9.58. The molecule has 0 unspecified atom stereocenters. The summed E-state index contributed by atoms with van der Waals surface area (Å²) in [6.07, 6.45) is 0. The van der Waals surface area contributed by atoms with E-state index in [1.54, 1.807) is 19.9 Å². The number of aryl methyl sites for hydroxylation is 2. The van der Waals surface area contributed by atoms with Crippen LogP contribution in [0.25, 0.3) is 11.0 Å². The number of benzene rings is 1. The van der Waals surface area contributed by atoms with E-state index in [1.807, 2.05) is 4.57 Å². The number of alkyl halides is 1. The molecule has 0 N–H and O–H groups in total. The van der Waals surface area contributed by atoms with Crippen molar-refractivity contribution in [3.63, 3.8) is 0 Å². The Hall–Kier alpha value is -1.95. The number of imidazole rings is 1. The molecule has 3 rings (SSSR count). The van der Waals surface area contributed by atoms with Crippen molar-refractivity contribution in [3.05, 3.63) is 41.1 Å². The van der Waals surface area contributed by atoms with Crippen LogP contribution in [0.15, 0.2) is 16.7 Å². The van der Waals surface area contributed by atoms with Gasteiger partial charge in [-0.3, -0.25) is 0 Å². The third-order valence-electron chi connectivity index (χ3n) is 3.10. The molecule has 5 nitrogen and oxygen atoms in total. The molecule has 0 saturated heterocycles. The Bertz CT molecular complexity index is 780. The van der Waals surface area contributed by atoms with Crippen molar-refractivity contribution in [2.24, 2.45) is 0 Å². The zero-order chi connectivity index (χ0) is 14.3. The summed E-state index contributed by atoms with van der Waals surface area (Å²) in [7, 11) is 0. The van der Waals surface area contributed by atoms with Crippen LogP contribution >= 0.6 is 11.6 Å². The van der Waals surface area contributed by atoms with E-state index in [1.165, 1.54) is 6.07 Å². The lowest BCUT2D eigenvalue weighted by Gasteiger charge is -2.05. The molecule has 20 heavy (non-hydrogen) atoms. The van der Waals surface area contributed by atoms with Crippen molar-refractivity contribution < 1.29 is 8.91 Å². The second kappa shape index (κ2) is 4.86. The maximum atomic E-state index is 13.6. The lowest BCUT2D eigenvalue weighted by atomic mass is 10.2. The molecule has 0 aliphatic carbocycles. The summed E-state index contributed by atoms with van der Waals surface area (Å²) in [6, 6.07) is 3.17. The van der Waals surface area contributed by atoms with Crippen molar-refractivity contribution >= 4 is 22.6 Å². The Balaban J connectivity index is 2.14. The summed E-state index contributed by atoms with van der Waals surface area (Å²) in [5.41, 5.74) is 1.94. The Morgan fingerprint density at radius 2 is 2.10 bits per heavy atom. The second-order valence-corrected chi connectivity index (χ2v) is 4.83. The Morgan fingerprint density at radius 3 is 2.75 bits per heavy atom. The molecular formula is C13H12ClFN4O. The highest BCUT2D eigenvalue weighted by atomic mass is 35.5. The van der Waals surface area contributed by atoms with Crippen LogP contribution in [0.4, 0.5) is 4.39 Å². The lowest BCUT2D eigenvalue weighted by Crippen LogP contribution is -2.05. The average Bonchev–Trinajstić information content (AvgIpc) is 2.96. The number of nitrogens with zero attached hydrogens (tertiary/aromatic N) is 4. The van der Waals surface area contributed by atoms with Gasteiger partial charge in [0.25, 0.3) is 0 Å².